The lowest BCUT2D eigenvalue weighted by Crippen LogP contribution is -2.48. The van der Waals surface area contributed by atoms with Gasteiger partial charge in [-0.2, -0.15) is 0 Å². The van der Waals surface area contributed by atoms with Crippen molar-refractivity contribution >= 4 is 5.96 Å². The van der Waals surface area contributed by atoms with Gasteiger partial charge >= 0.3 is 0 Å². The summed E-state index contributed by atoms with van der Waals surface area (Å²) >= 11 is 0. The number of aliphatic imine (C=N–C) groups is 1. The van der Waals surface area contributed by atoms with E-state index in [1.807, 2.05) is 18.5 Å². The van der Waals surface area contributed by atoms with Crippen molar-refractivity contribution in [3.05, 3.63) is 11.6 Å². The molecule has 27 heavy (non-hydrogen) atoms. The highest BCUT2D eigenvalue weighted by Crippen LogP contribution is 2.42. The highest BCUT2D eigenvalue weighted by molar-refractivity contribution is 5.79. The molecule has 0 bridgehead atoms. The SMILES string of the molecule is CCC1(CNC(=NCc2nnc(C)n2C)NCCN2CCOCC2)CCC1. The van der Waals surface area contributed by atoms with E-state index in [4.69, 9.17) is 9.73 Å². The first-order valence-electron chi connectivity index (χ1n) is 10.3. The average Bonchev–Trinajstić information content (AvgIpc) is 2.98. The van der Waals surface area contributed by atoms with E-state index in [1.54, 1.807) is 0 Å². The third kappa shape index (κ3) is 5.42. The lowest BCUT2D eigenvalue weighted by Gasteiger charge is -2.41. The summed E-state index contributed by atoms with van der Waals surface area (Å²) in [6.45, 7) is 11.4. The predicted molar refractivity (Wildman–Crippen MR) is 107 cm³/mol. The Labute approximate surface area is 162 Å². The van der Waals surface area contributed by atoms with Gasteiger partial charge in [-0.15, -0.1) is 10.2 Å². The molecule has 8 nitrogen and oxygen atoms in total. The quantitative estimate of drug-likeness (QED) is 0.521. The van der Waals surface area contributed by atoms with Crippen molar-refractivity contribution in [2.45, 2.75) is 46.1 Å². The number of hydrogen-bond acceptors (Lipinski definition) is 5. The van der Waals surface area contributed by atoms with Crippen LogP contribution in [0.4, 0.5) is 0 Å². The zero-order chi connectivity index (χ0) is 19.1. The van der Waals surface area contributed by atoms with Crippen LogP contribution < -0.4 is 10.6 Å². The molecule has 1 saturated heterocycles. The number of nitrogens with one attached hydrogen (secondary N) is 2. The lowest BCUT2D eigenvalue weighted by atomic mass is 9.67. The Kier molecular flexibility index (Phi) is 7.07. The normalized spacial score (nSPS) is 20.3. The molecule has 1 saturated carbocycles. The van der Waals surface area contributed by atoms with Crippen LogP contribution in [0.3, 0.4) is 0 Å². The predicted octanol–water partition coefficient (Wildman–Crippen LogP) is 1.07. The van der Waals surface area contributed by atoms with Gasteiger partial charge < -0.3 is 19.9 Å². The van der Waals surface area contributed by atoms with Crippen molar-refractivity contribution < 1.29 is 4.74 Å². The van der Waals surface area contributed by atoms with Gasteiger partial charge in [-0.25, -0.2) is 4.99 Å². The molecule has 0 amide bonds. The van der Waals surface area contributed by atoms with E-state index in [-0.39, 0.29) is 0 Å². The van der Waals surface area contributed by atoms with E-state index in [0.717, 1.165) is 63.5 Å². The minimum Gasteiger partial charge on any atom is -0.379 e. The highest BCUT2D eigenvalue weighted by Gasteiger charge is 2.34. The average molecular weight is 378 g/mol. The van der Waals surface area contributed by atoms with Crippen molar-refractivity contribution in [2.24, 2.45) is 17.5 Å². The first-order chi connectivity index (χ1) is 13.1. The third-order valence-corrected chi connectivity index (χ3v) is 6.18. The van der Waals surface area contributed by atoms with Gasteiger partial charge in [0.1, 0.15) is 12.4 Å². The van der Waals surface area contributed by atoms with Crippen LogP contribution in [0.15, 0.2) is 4.99 Å². The Morgan fingerprint density at radius 3 is 2.59 bits per heavy atom. The van der Waals surface area contributed by atoms with E-state index in [9.17, 15) is 0 Å². The molecule has 2 N–H and O–H groups in total. The molecule has 1 aromatic heterocycles. The van der Waals surface area contributed by atoms with Gasteiger partial charge in [0.15, 0.2) is 11.8 Å². The van der Waals surface area contributed by atoms with Crippen LogP contribution in [0.25, 0.3) is 0 Å². The first-order valence-corrected chi connectivity index (χ1v) is 10.3. The third-order valence-electron chi connectivity index (χ3n) is 6.18. The fraction of sp³-hybridized carbons (Fsp3) is 0.842. The number of rotatable bonds is 8. The van der Waals surface area contributed by atoms with Crippen molar-refractivity contribution in [3.8, 4) is 0 Å². The highest BCUT2D eigenvalue weighted by atomic mass is 16.5. The van der Waals surface area contributed by atoms with Crippen molar-refractivity contribution in [2.75, 3.05) is 45.9 Å². The van der Waals surface area contributed by atoms with Crippen LogP contribution >= 0.6 is 0 Å². The molecule has 3 rings (SSSR count). The maximum Gasteiger partial charge on any atom is 0.191 e. The fourth-order valence-electron chi connectivity index (χ4n) is 3.67. The zero-order valence-corrected chi connectivity index (χ0v) is 17.1. The Hall–Kier alpha value is -1.67. The molecule has 0 atom stereocenters. The van der Waals surface area contributed by atoms with Gasteiger partial charge in [0.05, 0.1) is 13.2 Å². The molecule has 0 aromatic carbocycles. The summed E-state index contributed by atoms with van der Waals surface area (Å²) in [4.78, 5) is 7.20. The summed E-state index contributed by atoms with van der Waals surface area (Å²) in [7, 11) is 1.99. The number of hydrogen-bond donors (Lipinski definition) is 2. The summed E-state index contributed by atoms with van der Waals surface area (Å²) in [6, 6.07) is 0. The van der Waals surface area contributed by atoms with Gasteiger partial charge in [0.25, 0.3) is 0 Å². The molecule has 0 spiro atoms. The molecule has 1 aliphatic carbocycles. The monoisotopic (exact) mass is 377 g/mol. The largest absolute Gasteiger partial charge is 0.379 e. The van der Waals surface area contributed by atoms with Crippen LogP contribution in [-0.2, 0) is 18.3 Å². The second kappa shape index (κ2) is 9.50. The van der Waals surface area contributed by atoms with Crippen molar-refractivity contribution in [3.63, 3.8) is 0 Å². The minimum atomic E-state index is 0.452. The Morgan fingerprint density at radius 1 is 1.22 bits per heavy atom. The first kappa shape index (κ1) is 20.1. The van der Waals surface area contributed by atoms with Gasteiger partial charge in [0.2, 0.25) is 0 Å². The number of aryl methyl sites for hydroxylation is 1. The summed E-state index contributed by atoms with van der Waals surface area (Å²) in [6.07, 6.45) is 5.22. The van der Waals surface area contributed by atoms with Crippen LogP contribution in [0.5, 0.6) is 0 Å². The Bertz CT molecular complexity index is 612. The molecule has 152 valence electrons. The summed E-state index contributed by atoms with van der Waals surface area (Å²) in [5.41, 5.74) is 0.452. The van der Waals surface area contributed by atoms with E-state index in [2.05, 4.69) is 32.7 Å². The molecular weight excluding hydrogens is 342 g/mol. The van der Waals surface area contributed by atoms with Crippen molar-refractivity contribution in [1.29, 1.82) is 0 Å². The number of morpholine rings is 1. The van der Waals surface area contributed by atoms with Gasteiger partial charge in [-0.3, -0.25) is 4.90 Å². The number of nitrogens with zero attached hydrogens (tertiary/aromatic N) is 5. The smallest absolute Gasteiger partial charge is 0.191 e. The molecule has 2 aliphatic rings. The molecule has 2 heterocycles. The summed E-state index contributed by atoms with van der Waals surface area (Å²) in [5, 5.41) is 15.4. The van der Waals surface area contributed by atoms with Crippen LogP contribution in [0.2, 0.25) is 0 Å². The summed E-state index contributed by atoms with van der Waals surface area (Å²) in [5.74, 6) is 2.67. The topological polar surface area (TPSA) is 79.6 Å². The summed E-state index contributed by atoms with van der Waals surface area (Å²) < 4.78 is 7.42. The zero-order valence-electron chi connectivity index (χ0n) is 17.1. The van der Waals surface area contributed by atoms with Gasteiger partial charge in [-0.05, 0) is 31.6 Å². The fourth-order valence-corrected chi connectivity index (χ4v) is 3.67. The van der Waals surface area contributed by atoms with E-state index in [1.165, 1.54) is 25.7 Å². The molecule has 0 radical (unpaired) electrons. The van der Waals surface area contributed by atoms with Crippen LogP contribution in [0.1, 0.15) is 44.3 Å². The number of guanidine groups is 1. The molecule has 2 fully saturated rings. The van der Waals surface area contributed by atoms with Crippen LogP contribution in [-0.4, -0.2) is 71.6 Å². The number of ether oxygens (including phenoxy) is 1. The second-order valence-electron chi connectivity index (χ2n) is 7.83. The molecule has 1 aromatic rings. The molecule has 1 aliphatic heterocycles. The van der Waals surface area contributed by atoms with Crippen molar-refractivity contribution in [1.82, 2.24) is 30.3 Å². The lowest BCUT2D eigenvalue weighted by molar-refractivity contribution is 0.0389. The van der Waals surface area contributed by atoms with E-state index < -0.39 is 0 Å². The second-order valence-corrected chi connectivity index (χ2v) is 7.83. The number of aromatic nitrogens is 3. The minimum absolute atomic E-state index is 0.452. The maximum atomic E-state index is 5.42. The molecule has 0 unspecified atom stereocenters. The standard InChI is InChI=1S/C19H35N7O/c1-4-19(6-5-7-19)15-22-18(20-8-9-26-10-12-27-13-11-26)21-14-17-24-23-16(2)25(17)3/h4-15H2,1-3H3,(H2,20,21,22). The Morgan fingerprint density at radius 2 is 2.00 bits per heavy atom. The molecule has 8 heteroatoms. The Balaban J connectivity index is 1.55. The van der Waals surface area contributed by atoms with E-state index >= 15 is 0 Å². The molecular formula is C19H35N7O. The maximum absolute atomic E-state index is 5.42. The van der Waals surface area contributed by atoms with Gasteiger partial charge in [0, 0.05) is 39.8 Å². The van der Waals surface area contributed by atoms with Gasteiger partial charge in [-0.1, -0.05) is 13.3 Å². The van der Waals surface area contributed by atoms with E-state index in [0.29, 0.717) is 12.0 Å². The van der Waals surface area contributed by atoms with Crippen LogP contribution in [0, 0.1) is 12.3 Å².